The number of carbonyl (C=O) groups excluding carboxylic acids is 4. The van der Waals surface area contributed by atoms with Gasteiger partial charge in [0.1, 0.15) is 5.54 Å². The van der Waals surface area contributed by atoms with Crippen molar-refractivity contribution >= 4 is 46.7 Å². The van der Waals surface area contributed by atoms with Gasteiger partial charge in [-0.2, -0.15) is 0 Å². The number of benzene rings is 3. The average molecular weight is 562 g/mol. The molecule has 0 radical (unpaired) electrons. The summed E-state index contributed by atoms with van der Waals surface area (Å²) in [5, 5.41) is 26.3. The van der Waals surface area contributed by atoms with Gasteiger partial charge in [-0.15, -0.1) is 0 Å². The standard InChI is InChI=1S/C29H24ClN3O7/c1-2-40-27(38)15-4-7-17(8-5-15)33-25(36)23-20(11-14-3-10-21(34)22(35)12-14)32-29(24(23)26(33)37)18-13-16(30)6-9-19(18)31-28(29)39/h3-10,12-13,20,23-24,32,34-35H,2,11H2,1H3,(H,31,39)/t20?,23-,24+,29?/m1/s1. The maximum absolute atomic E-state index is 14.1. The minimum absolute atomic E-state index is 0.175. The van der Waals surface area contributed by atoms with Crippen LogP contribution in [-0.4, -0.2) is 46.6 Å². The molecule has 3 aliphatic rings. The lowest BCUT2D eigenvalue weighted by molar-refractivity contribution is -0.130. The average Bonchev–Trinajstić information content (AvgIpc) is 3.50. The van der Waals surface area contributed by atoms with Gasteiger partial charge in [0, 0.05) is 22.3 Å². The molecule has 3 aliphatic heterocycles. The molecule has 6 rings (SSSR count). The Bertz CT molecular complexity index is 1590. The first-order valence-corrected chi connectivity index (χ1v) is 13.1. The number of nitrogens with zero attached hydrogens (tertiary/aromatic N) is 1. The van der Waals surface area contributed by atoms with Crippen LogP contribution in [0, 0.1) is 11.8 Å². The van der Waals surface area contributed by atoms with Crippen LogP contribution in [0.5, 0.6) is 11.5 Å². The van der Waals surface area contributed by atoms with E-state index in [9.17, 15) is 29.4 Å². The molecule has 1 spiro atoms. The summed E-state index contributed by atoms with van der Waals surface area (Å²) in [6.45, 7) is 1.90. The number of hydrogen-bond donors (Lipinski definition) is 4. The second-order valence-electron chi connectivity index (χ2n) is 10.0. The summed E-state index contributed by atoms with van der Waals surface area (Å²) in [7, 11) is 0. The van der Waals surface area contributed by atoms with Crippen LogP contribution >= 0.6 is 11.6 Å². The van der Waals surface area contributed by atoms with Crippen LogP contribution in [-0.2, 0) is 31.1 Å². The quantitative estimate of drug-likeness (QED) is 0.211. The van der Waals surface area contributed by atoms with Crippen molar-refractivity contribution in [3.8, 4) is 11.5 Å². The second kappa shape index (κ2) is 9.35. The number of fused-ring (bicyclic) bond motifs is 4. The maximum Gasteiger partial charge on any atom is 0.338 e. The molecule has 3 aromatic carbocycles. The Kier molecular flexibility index (Phi) is 6.04. The molecule has 2 saturated heterocycles. The fourth-order valence-corrected chi connectivity index (χ4v) is 6.29. The van der Waals surface area contributed by atoms with E-state index >= 15 is 0 Å². The number of aromatic hydroxyl groups is 2. The molecular formula is C29H24ClN3O7. The summed E-state index contributed by atoms with van der Waals surface area (Å²) < 4.78 is 5.02. The SMILES string of the molecule is CCOC(=O)c1ccc(N2C(=O)[C@@H]3C(Cc4ccc(O)c(O)c4)NC4(C(=O)Nc5ccc(Cl)cc54)[C@@H]3C2=O)cc1. The Morgan fingerprint density at radius 2 is 1.75 bits per heavy atom. The van der Waals surface area contributed by atoms with Gasteiger partial charge >= 0.3 is 5.97 Å². The summed E-state index contributed by atoms with van der Waals surface area (Å²) in [5.41, 5.74) is 0.509. The van der Waals surface area contributed by atoms with E-state index in [1.165, 1.54) is 36.4 Å². The number of nitrogens with one attached hydrogen (secondary N) is 2. The van der Waals surface area contributed by atoms with Crippen molar-refractivity contribution in [2.45, 2.75) is 24.9 Å². The van der Waals surface area contributed by atoms with Crippen LogP contribution in [0.15, 0.2) is 60.7 Å². The Balaban J connectivity index is 1.44. The first-order valence-electron chi connectivity index (χ1n) is 12.7. The normalized spacial score (nSPS) is 24.8. The molecule has 0 saturated carbocycles. The number of halogens is 1. The van der Waals surface area contributed by atoms with E-state index in [0.717, 1.165) is 4.90 Å². The Morgan fingerprint density at radius 3 is 2.45 bits per heavy atom. The summed E-state index contributed by atoms with van der Waals surface area (Å²) in [6, 6.07) is 14.5. The number of rotatable bonds is 5. The maximum atomic E-state index is 14.1. The van der Waals surface area contributed by atoms with Crippen molar-refractivity contribution in [3.05, 3.63) is 82.4 Å². The number of phenolic OH excluding ortho intramolecular Hbond substituents is 2. The van der Waals surface area contributed by atoms with Gasteiger partial charge in [-0.3, -0.25) is 19.7 Å². The predicted molar refractivity (Wildman–Crippen MR) is 144 cm³/mol. The van der Waals surface area contributed by atoms with Gasteiger partial charge in [0.25, 0.3) is 0 Å². The first kappa shape index (κ1) is 25.8. The predicted octanol–water partition coefficient (Wildman–Crippen LogP) is 3.10. The number of hydrogen-bond acceptors (Lipinski definition) is 8. The number of carbonyl (C=O) groups is 4. The molecule has 11 heteroatoms. The summed E-state index contributed by atoms with van der Waals surface area (Å²) >= 11 is 6.31. The van der Waals surface area contributed by atoms with Crippen molar-refractivity contribution in [3.63, 3.8) is 0 Å². The monoisotopic (exact) mass is 561 g/mol. The molecular weight excluding hydrogens is 538 g/mol. The van der Waals surface area contributed by atoms with Crippen LogP contribution < -0.4 is 15.5 Å². The molecule has 40 heavy (non-hydrogen) atoms. The van der Waals surface area contributed by atoms with Crippen LogP contribution in [0.4, 0.5) is 11.4 Å². The molecule has 0 aromatic heterocycles. The van der Waals surface area contributed by atoms with E-state index in [0.29, 0.717) is 21.8 Å². The highest BCUT2D eigenvalue weighted by molar-refractivity contribution is 6.31. The third-order valence-electron chi connectivity index (χ3n) is 7.81. The van der Waals surface area contributed by atoms with Crippen LogP contribution in [0.25, 0.3) is 0 Å². The first-order chi connectivity index (χ1) is 19.1. The lowest BCUT2D eigenvalue weighted by Gasteiger charge is -2.29. The van der Waals surface area contributed by atoms with Crippen molar-refractivity contribution in [2.75, 3.05) is 16.8 Å². The van der Waals surface area contributed by atoms with Crippen molar-refractivity contribution in [1.82, 2.24) is 5.32 Å². The zero-order chi connectivity index (χ0) is 28.3. The van der Waals surface area contributed by atoms with E-state index in [4.69, 9.17) is 16.3 Å². The molecule has 3 heterocycles. The van der Waals surface area contributed by atoms with E-state index in [2.05, 4.69) is 10.6 Å². The Morgan fingerprint density at radius 1 is 1.00 bits per heavy atom. The second-order valence-corrected chi connectivity index (χ2v) is 10.4. The number of ether oxygens (including phenoxy) is 1. The topological polar surface area (TPSA) is 145 Å². The Labute approximate surface area is 233 Å². The number of amides is 3. The fraction of sp³-hybridized carbons (Fsp3) is 0.241. The van der Waals surface area contributed by atoms with Gasteiger partial charge < -0.3 is 20.3 Å². The molecule has 4 N–H and O–H groups in total. The van der Waals surface area contributed by atoms with E-state index in [1.54, 1.807) is 31.2 Å². The van der Waals surface area contributed by atoms with E-state index < -0.39 is 47.1 Å². The van der Waals surface area contributed by atoms with Crippen LogP contribution in [0.1, 0.15) is 28.4 Å². The lowest BCUT2D eigenvalue weighted by atomic mass is 9.76. The zero-order valence-electron chi connectivity index (χ0n) is 21.2. The molecule has 2 fully saturated rings. The third kappa shape index (κ3) is 3.75. The van der Waals surface area contributed by atoms with Gasteiger partial charge in [0.15, 0.2) is 11.5 Å². The summed E-state index contributed by atoms with van der Waals surface area (Å²) in [5.74, 6) is -4.72. The van der Waals surface area contributed by atoms with Crippen LogP contribution in [0.2, 0.25) is 5.02 Å². The smallest absolute Gasteiger partial charge is 0.338 e. The molecule has 3 aromatic rings. The highest BCUT2D eigenvalue weighted by Crippen LogP contribution is 2.54. The number of anilines is 2. The molecule has 4 atom stereocenters. The molecule has 3 amide bonds. The molecule has 0 bridgehead atoms. The largest absolute Gasteiger partial charge is 0.504 e. The van der Waals surface area contributed by atoms with Gasteiger partial charge in [0.2, 0.25) is 17.7 Å². The minimum atomic E-state index is -1.57. The third-order valence-corrected chi connectivity index (χ3v) is 8.04. The molecule has 204 valence electrons. The van der Waals surface area contributed by atoms with E-state index in [1.807, 2.05) is 0 Å². The number of esters is 1. The minimum Gasteiger partial charge on any atom is -0.504 e. The van der Waals surface area contributed by atoms with Gasteiger partial charge in [-0.25, -0.2) is 9.69 Å². The number of phenols is 2. The number of imide groups is 1. The van der Waals surface area contributed by atoms with Crippen molar-refractivity contribution in [2.24, 2.45) is 11.8 Å². The lowest BCUT2D eigenvalue weighted by Crippen LogP contribution is -2.53. The molecule has 2 unspecified atom stereocenters. The van der Waals surface area contributed by atoms with Crippen molar-refractivity contribution < 1.29 is 34.1 Å². The summed E-state index contributed by atoms with van der Waals surface area (Å²) in [4.78, 5) is 54.9. The molecule has 0 aliphatic carbocycles. The van der Waals surface area contributed by atoms with Gasteiger partial charge in [-0.1, -0.05) is 17.7 Å². The van der Waals surface area contributed by atoms with Crippen molar-refractivity contribution in [1.29, 1.82) is 0 Å². The van der Waals surface area contributed by atoms with Crippen LogP contribution in [0.3, 0.4) is 0 Å². The zero-order valence-corrected chi connectivity index (χ0v) is 21.9. The highest BCUT2D eigenvalue weighted by Gasteiger charge is 2.70. The highest BCUT2D eigenvalue weighted by atomic mass is 35.5. The summed E-state index contributed by atoms with van der Waals surface area (Å²) in [6.07, 6.45) is 0.175. The van der Waals surface area contributed by atoms with E-state index in [-0.39, 0.29) is 35.8 Å². The molecule has 10 nitrogen and oxygen atoms in total. The fourth-order valence-electron chi connectivity index (χ4n) is 6.11. The Hall–Kier alpha value is -4.41. The van der Waals surface area contributed by atoms with Gasteiger partial charge in [0.05, 0.1) is 29.7 Å². The van der Waals surface area contributed by atoms with Gasteiger partial charge in [-0.05, 0) is 73.5 Å².